The molecule has 1 atom stereocenters. The van der Waals surface area contributed by atoms with E-state index in [0.717, 1.165) is 19.4 Å². The summed E-state index contributed by atoms with van der Waals surface area (Å²) in [4.78, 5) is 25.3. The predicted molar refractivity (Wildman–Crippen MR) is 83.0 cm³/mol. The third kappa shape index (κ3) is 5.06. The van der Waals surface area contributed by atoms with Crippen molar-refractivity contribution in [3.8, 4) is 0 Å². The van der Waals surface area contributed by atoms with Crippen LogP contribution in [0.1, 0.15) is 51.9 Å². The van der Waals surface area contributed by atoms with Crippen LogP contribution in [0.25, 0.3) is 0 Å². The third-order valence-electron chi connectivity index (χ3n) is 4.30. The number of nitrogens with one attached hydrogen (secondary N) is 2. The normalized spacial score (nSPS) is 21.9. The smallest absolute Gasteiger partial charge is 0.315 e. The van der Waals surface area contributed by atoms with Crippen molar-refractivity contribution < 1.29 is 9.59 Å². The molecule has 1 heterocycles. The largest absolute Gasteiger partial charge is 0.341 e. The van der Waals surface area contributed by atoms with E-state index in [2.05, 4.69) is 16.7 Å². The molecule has 2 rings (SSSR count). The van der Waals surface area contributed by atoms with Gasteiger partial charge in [-0.25, -0.2) is 4.79 Å². The number of likely N-dealkylation sites (tertiary alicyclic amines) is 1. The fraction of sp³-hybridized carbons (Fsp3) is 0.750. The van der Waals surface area contributed by atoms with Crippen LogP contribution in [0.2, 0.25) is 0 Å². The number of urea groups is 1. The van der Waals surface area contributed by atoms with Crippen molar-refractivity contribution in [1.82, 2.24) is 15.5 Å². The summed E-state index contributed by atoms with van der Waals surface area (Å²) in [6.45, 7) is 3.97. The average molecular weight is 293 g/mol. The van der Waals surface area contributed by atoms with Crippen LogP contribution in [0, 0.1) is 0 Å². The fourth-order valence-corrected chi connectivity index (χ4v) is 3.03. The van der Waals surface area contributed by atoms with Crippen LogP contribution in [0.4, 0.5) is 4.79 Å². The molecular weight excluding hydrogens is 266 g/mol. The number of hydrogen-bond donors (Lipinski definition) is 2. The first-order chi connectivity index (χ1) is 10.2. The van der Waals surface area contributed by atoms with Gasteiger partial charge < -0.3 is 15.5 Å². The number of hydrogen-bond acceptors (Lipinski definition) is 2. The number of carbonyl (C=O) groups is 2. The minimum atomic E-state index is -0.109. The molecule has 1 aliphatic carbocycles. The standard InChI is InChI=1S/C16H27N3O2/c1-2-15(20)19-11-9-14(12-19)18-16(21)17-10-8-13-6-4-3-5-7-13/h6,14H,2-5,7-12H2,1H3,(H2,17,18,21)/t14-/m1/s1. The van der Waals surface area contributed by atoms with Crippen LogP contribution in [0.3, 0.4) is 0 Å². The van der Waals surface area contributed by atoms with E-state index in [1.54, 1.807) is 0 Å². The molecule has 5 heteroatoms. The first kappa shape index (κ1) is 15.9. The molecule has 2 N–H and O–H groups in total. The quantitative estimate of drug-likeness (QED) is 0.763. The molecule has 0 unspecified atom stereocenters. The van der Waals surface area contributed by atoms with Gasteiger partial charge in [0.1, 0.15) is 0 Å². The van der Waals surface area contributed by atoms with Gasteiger partial charge in [-0.3, -0.25) is 4.79 Å². The molecule has 1 fully saturated rings. The second-order valence-electron chi connectivity index (χ2n) is 5.94. The molecule has 0 bridgehead atoms. The molecule has 0 aromatic rings. The fourth-order valence-electron chi connectivity index (χ4n) is 3.03. The third-order valence-corrected chi connectivity index (χ3v) is 4.30. The number of nitrogens with zero attached hydrogens (tertiary/aromatic N) is 1. The number of carbonyl (C=O) groups excluding carboxylic acids is 2. The van der Waals surface area contributed by atoms with E-state index in [9.17, 15) is 9.59 Å². The minimum Gasteiger partial charge on any atom is -0.341 e. The Hall–Kier alpha value is -1.52. The second kappa shape index (κ2) is 8.05. The van der Waals surface area contributed by atoms with Gasteiger partial charge in [-0.05, 0) is 38.5 Å². The first-order valence-corrected chi connectivity index (χ1v) is 8.19. The molecule has 5 nitrogen and oxygen atoms in total. The van der Waals surface area contributed by atoms with Crippen LogP contribution >= 0.6 is 0 Å². The van der Waals surface area contributed by atoms with Gasteiger partial charge in [0.2, 0.25) is 5.91 Å². The topological polar surface area (TPSA) is 61.4 Å². The van der Waals surface area contributed by atoms with E-state index in [1.165, 1.54) is 31.3 Å². The number of allylic oxidation sites excluding steroid dienone is 1. The Morgan fingerprint density at radius 1 is 1.38 bits per heavy atom. The lowest BCUT2D eigenvalue weighted by Gasteiger charge is -2.17. The summed E-state index contributed by atoms with van der Waals surface area (Å²) in [5.41, 5.74) is 1.47. The Bertz CT molecular complexity index is 406. The van der Waals surface area contributed by atoms with Crippen molar-refractivity contribution in [1.29, 1.82) is 0 Å². The summed E-state index contributed by atoms with van der Waals surface area (Å²) in [6, 6.07) is -0.0170. The van der Waals surface area contributed by atoms with Crippen LogP contribution in [0.15, 0.2) is 11.6 Å². The van der Waals surface area contributed by atoms with Gasteiger partial charge in [-0.1, -0.05) is 18.6 Å². The van der Waals surface area contributed by atoms with Gasteiger partial charge >= 0.3 is 6.03 Å². The van der Waals surface area contributed by atoms with Gasteiger partial charge in [0.05, 0.1) is 0 Å². The Morgan fingerprint density at radius 3 is 2.95 bits per heavy atom. The van der Waals surface area contributed by atoms with Gasteiger partial charge in [-0.2, -0.15) is 0 Å². The molecule has 0 spiro atoms. The Labute approximate surface area is 127 Å². The summed E-state index contributed by atoms with van der Waals surface area (Å²) in [5.74, 6) is 0.170. The highest BCUT2D eigenvalue weighted by molar-refractivity contribution is 5.77. The minimum absolute atomic E-state index is 0.0920. The van der Waals surface area contributed by atoms with Gasteiger partial charge in [0.25, 0.3) is 0 Å². The number of rotatable bonds is 5. The van der Waals surface area contributed by atoms with Crippen molar-refractivity contribution in [2.24, 2.45) is 0 Å². The van der Waals surface area contributed by atoms with Crippen molar-refractivity contribution in [3.63, 3.8) is 0 Å². The highest BCUT2D eigenvalue weighted by Crippen LogP contribution is 2.19. The summed E-state index contributed by atoms with van der Waals surface area (Å²) in [5, 5.41) is 5.88. The molecule has 0 radical (unpaired) electrons. The van der Waals surface area contributed by atoms with Crippen LogP contribution in [-0.4, -0.2) is 42.5 Å². The molecule has 0 aromatic carbocycles. The van der Waals surface area contributed by atoms with Crippen LogP contribution < -0.4 is 10.6 Å². The van der Waals surface area contributed by atoms with Crippen molar-refractivity contribution in [2.75, 3.05) is 19.6 Å². The van der Waals surface area contributed by atoms with E-state index in [4.69, 9.17) is 0 Å². The summed E-state index contributed by atoms with van der Waals surface area (Å²) in [6.07, 6.45) is 9.60. The van der Waals surface area contributed by atoms with Crippen molar-refractivity contribution >= 4 is 11.9 Å². The summed E-state index contributed by atoms with van der Waals surface area (Å²) in [7, 11) is 0. The van der Waals surface area contributed by atoms with Gasteiger partial charge in [0, 0.05) is 32.1 Å². The van der Waals surface area contributed by atoms with Crippen molar-refractivity contribution in [3.05, 3.63) is 11.6 Å². The molecule has 118 valence electrons. The molecule has 0 saturated carbocycles. The second-order valence-corrected chi connectivity index (χ2v) is 5.94. The molecule has 21 heavy (non-hydrogen) atoms. The molecule has 1 aliphatic heterocycles. The van der Waals surface area contributed by atoms with E-state index >= 15 is 0 Å². The SMILES string of the molecule is CCC(=O)N1CC[C@@H](NC(=O)NCCC2=CCCCC2)C1. The maximum Gasteiger partial charge on any atom is 0.315 e. The highest BCUT2D eigenvalue weighted by Gasteiger charge is 2.26. The molecule has 2 aliphatic rings. The maximum atomic E-state index is 11.8. The lowest BCUT2D eigenvalue weighted by atomic mass is 9.97. The molecule has 3 amide bonds. The van der Waals surface area contributed by atoms with E-state index in [1.807, 2.05) is 11.8 Å². The lowest BCUT2D eigenvalue weighted by molar-refractivity contribution is -0.129. The zero-order chi connectivity index (χ0) is 15.1. The predicted octanol–water partition coefficient (Wildman–Crippen LogP) is 2.19. The average Bonchev–Trinajstić information content (AvgIpc) is 2.96. The Morgan fingerprint density at radius 2 is 2.24 bits per heavy atom. The van der Waals surface area contributed by atoms with E-state index < -0.39 is 0 Å². The molecule has 0 aromatic heterocycles. The Balaban J connectivity index is 1.61. The van der Waals surface area contributed by atoms with E-state index in [-0.39, 0.29) is 18.0 Å². The van der Waals surface area contributed by atoms with Crippen molar-refractivity contribution in [2.45, 2.75) is 57.9 Å². The van der Waals surface area contributed by atoms with Gasteiger partial charge in [0.15, 0.2) is 0 Å². The molecule has 1 saturated heterocycles. The Kier molecular flexibility index (Phi) is 6.08. The lowest BCUT2D eigenvalue weighted by Crippen LogP contribution is -2.44. The zero-order valence-corrected chi connectivity index (χ0v) is 13.0. The van der Waals surface area contributed by atoms with Crippen LogP contribution in [-0.2, 0) is 4.79 Å². The van der Waals surface area contributed by atoms with Gasteiger partial charge in [-0.15, -0.1) is 0 Å². The molecular formula is C16H27N3O2. The highest BCUT2D eigenvalue weighted by atomic mass is 16.2. The maximum absolute atomic E-state index is 11.8. The summed E-state index contributed by atoms with van der Waals surface area (Å²) >= 11 is 0. The zero-order valence-electron chi connectivity index (χ0n) is 13.0. The monoisotopic (exact) mass is 293 g/mol. The number of amides is 3. The van der Waals surface area contributed by atoms with E-state index in [0.29, 0.717) is 19.5 Å². The van der Waals surface area contributed by atoms with Crippen LogP contribution in [0.5, 0.6) is 0 Å². The first-order valence-electron chi connectivity index (χ1n) is 8.19. The summed E-state index contributed by atoms with van der Waals surface area (Å²) < 4.78 is 0.